The van der Waals surface area contributed by atoms with E-state index in [0.717, 1.165) is 6.20 Å². The number of hydrogen-bond acceptors (Lipinski definition) is 4. The molecular formula is C5H3BF3N4-. The highest BCUT2D eigenvalue weighted by atomic mass is 19.4. The number of halogens is 3. The molecular weight excluding hydrogens is 184 g/mol. The molecule has 1 aromatic heterocycles. The molecule has 0 saturated heterocycles. The molecule has 68 valence electrons. The van der Waals surface area contributed by atoms with Crippen molar-refractivity contribution in [1.82, 2.24) is 9.97 Å². The van der Waals surface area contributed by atoms with Crippen LogP contribution in [0.25, 0.3) is 0 Å². The molecule has 4 nitrogen and oxygen atoms in total. The lowest BCUT2D eigenvalue weighted by molar-refractivity contribution is 0.495. The Kier molecular flexibility index (Phi) is 2.10. The molecule has 0 unspecified atom stereocenters. The lowest BCUT2D eigenvalue weighted by atomic mass is 9.90. The first-order valence-corrected chi connectivity index (χ1v) is 3.17. The Morgan fingerprint density at radius 1 is 1.46 bits per heavy atom. The van der Waals surface area contributed by atoms with Gasteiger partial charge in [-0.1, -0.05) is 0 Å². The van der Waals surface area contributed by atoms with Gasteiger partial charge in [0, 0.05) is 6.20 Å². The minimum Gasteiger partial charge on any atom is -0.443 e. The summed E-state index contributed by atoms with van der Waals surface area (Å²) in [6.45, 7) is -5.26. The zero-order chi connectivity index (χ0) is 10.1. The van der Waals surface area contributed by atoms with E-state index in [1.54, 1.807) is 6.07 Å². The van der Waals surface area contributed by atoms with E-state index in [4.69, 9.17) is 11.0 Å². The standard InChI is InChI=1S/C5H3BF3N4/c7-6(8,9)5-12-2-3(1-10)4(11)13-5/h2H,(H2,11,12,13)/q-1. The predicted octanol–water partition coefficient (Wildman–Crippen LogP) is -0.0151. The van der Waals surface area contributed by atoms with E-state index in [2.05, 4.69) is 9.97 Å². The van der Waals surface area contributed by atoms with Gasteiger partial charge >= 0.3 is 6.98 Å². The Bertz CT molecular complexity index is 369. The van der Waals surface area contributed by atoms with Gasteiger partial charge in [-0.3, -0.25) is 4.98 Å². The van der Waals surface area contributed by atoms with Crippen LogP contribution in [0.3, 0.4) is 0 Å². The molecule has 0 aliphatic heterocycles. The van der Waals surface area contributed by atoms with Crippen LogP contribution in [0.15, 0.2) is 6.20 Å². The van der Waals surface area contributed by atoms with Gasteiger partial charge in [0.15, 0.2) is 0 Å². The van der Waals surface area contributed by atoms with Crippen LogP contribution < -0.4 is 11.5 Å². The van der Waals surface area contributed by atoms with Gasteiger partial charge in [-0.2, -0.15) is 5.26 Å². The Balaban J connectivity index is 3.20. The average molecular weight is 187 g/mol. The summed E-state index contributed by atoms with van der Waals surface area (Å²) in [6, 6.07) is 1.56. The third-order valence-corrected chi connectivity index (χ3v) is 1.25. The second-order valence-corrected chi connectivity index (χ2v) is 2.21. The van der Waals surface area contributed by atoms with Crippen LogP contribution in [0.4, 0.5) is 18.8 Å². The SMILES string of the molecule is N#Cc1cnc([B-](F)(F)F)nc1N. The minimum absolute atomic E-state index is 0.163. The van der Waals surface area contributed by atoms with E-state index < -0.39 is 18.5 Å². The maximum absolute atomic E-state index is 12.0. The third-order valence-electron chi connectivity index (χ3n) is 1.25. The van der Waals surface area contributed by atoms with Crippen molar-refractivity contribution in [3.05, 3.63) is 11.8 Å². The maximum atomic E-state index is 12.0. The van der Waals surface area contributed by atoms with Crippen molar-refractivity contribution in [2.75, 3.05) is 5.73 Å². The molecule has 1 aromatic rings. The Hall–Kier alpha value is -1.78. The number of nitrogens with two attached hydrogens (primary N) is 1. The van der Waals surface area contributed by atoms with Gasteiger partial charge in [0.2, 0.25) is 0 Å². The zero-order valence-corrected chi connectivity index (χ0v) is 6.21. The average Bonchev–Trinajstić information content (AvgIpc) is 2.02. The number of hydrogen-bond donors (Lipinski definition) is 1. The molecule has 8 heteroatoms. The van der Waals surface area contributed by atoms with Crippen molar-refractivity contribution in [1.29, 1.82) is 5.26 Å². The van der Waals surface area contributed by atoms with E-state index >= 15 is 0 Å². The number of nitrogen functional groups attached to an aromatic ring is 1. The number of nitriles is 1. The van der Waals surface area contributed by atoms with Gasteiger partial charge in [0.05, 0.1) is 5.72 Å². The quantitative estimate of drug-likeness (QED) is 0.627. The summed E-state index contributed by atoms with van der Waals surface area (Å²) in [6.07, 6.45) is 0.757. The molecule has 0 saturated carbocycles. The van der Waals surface area contributed by atoms with Gasteiger partial charge in [-0.05, 0) is 0 Å². The van der Waals surface area contributed by atoms with Gasteiger partial charge in [-0.25, -0.2) is 4.98 Å². The smallest absolute Gasteiger partial charge is 0.443 e. The molecule has 0 atom stereocenters. The Labute approximate surface area is 71.3 Å². The molecule has 1 rings (SSSR count). The Morgan fingerprint density at radius 3 is 2.46 bits per heavy atom. The highest BCUT2D eigenvalue weighted by Gasteiger charge is 2.29. The summed E-state index contributed by atoms with van der Waals surface area (Å²) in [5.41, 5.74) is 3.62. The largest absolute Gasteiger partial charge is 0.546 e. The molecule has 0 radical (unpaired) electrons. The number of nitrogens with zero attached hydrogens (tertiary/aromatic N) is 3. The summed E-state index contributed by atoms with van der Waals surface area (Å²) in [5, 5.41) is 8.33. The monoisotopic (exact) mass is 187 g/mol. The molecule has 13 heavy (non-hydrogen) atoms. The molecule has 0 aromatic carbocycles. The van der Waals surface area contributed by atoms with Crippen molar-refractivity contribution < 1.29 is 12.9 Å². The van der Waals surface area contributed by atoms with E-state index in [9.17, 15) is 12.9 Å². The first kappa shape index (κ1) is 9.31. The number of rotatable bonds is 1. The third kappa shape index (κ3) is 1.87. The lowest BCUT2D eigenvalue weighted by Crippen LogP contribution is -2.39. The second-order valence-electron chi connectivity index (χ2n) is 2.21. The molecule has 0 amide bonds. The van der Waals surface area contributed by atoms with Crippen LogP contribution in [-0.2, 0) is 0 Å². The van der Waals surface area contributed by atoms with Gasteiger partial charge < -0.3 is 18.7 Å². The highest BCUT2D eigenvalue weighted by molar-refractivity contribution is 6.71. The molecule has 0 aliphatic rings. The lowest BCUT2D eigenvalue weighted by Gasteiger charge is -2.12. The van der Waals surface area contributed by atoms with E-state index in [-0.39, 0.29) is 5.56 Å². The summed E-state index contributed by atoms with van der Waals surface area (Å²) in [7, 11) is 0. The van der Waals surface area contributed by atoms with Crippen molar-refractivity contribution >= 4 is 18.5 Å². The number of aromatic nitrogens is 2. The summed E-state index contributed by atoms with van der Waals surface area (Å²) in [5.74, 6) is -0.452. The van der Waals surface area contributed by atoms with Crippen LogP contribution >= 0.6 is 0 Å². The van der Waals surface area contributed by atoms with Crippen molar-refractivity contribution in [3.8, 4) is 6.07 Å². The fourth-order valence-corrected chi connectivity index (χ4v) is 0.653. The van der Waals surface area contributed by atoms with Crippen LogP contribution in [0.1, 0.15) is 5.56 Å². The Morgan fingerprint density at radius 2 is 2.08 bits per heavy atom. The second kappa shape index (κ2) is 2.93. The predicted molar refractivity (Wildman–Crippen MR) is 39.9 cm³/mol. The molecule has 0 aliphatic carbocycles. The van der Waals surface area contributed by atoms with E-state index in [1.165, 1.54) is 0 Å². The van der Waals surface area contributed by atoms with Crippen LogP contribution in [0.2, 0.25) is 0 Å². The molecule has 0 bridgehead atoms. The van der Waals surface area contributed by atoms with Crippen LogP contribution in [-0.4, -0.2) is 16.9 Å². The van der Waals surface area contributed by atoms with Crippen molar-refractivity contribution in [3.63, 3.8) is 0 Å². The van der Waals surface area contributed by atoms with Crippen molar-refractivity contribution in [2.45, 2.75) is 0 Å². The topological polar surface area (TPSA) is 75.6 Å². The summed E-state index contributed by atoms with van der Waals surface area (Å²) >= 11 is 0. The van der Waals surface area contributed by atoms with Crippen molar-refractivity contribution in [2.24, 2.45) is 0 Å². The van der Waals surface area contributed by atoms with Gasteiger partial charge in [-0.15, -0.1) is 0 Å². The maximum Gasteiger partial charge on any atom is 0.546 e. The van der Waals surface area contributed by atoms with E-state index in [0.29, 0.717) is 0 Å². The highest BCUT2D eigenvalue weighted by Crippen LogP contribution is 2.08. The summed E-state index contributed by atoms with van der Waals surface area (Å²) < 4.78 is 36.0. The molecule has 0 fully saturated rings. The van der Waals surface area contributed by atoms with E-state index in [1.807, 2.05) is 0 Å². The van der Waals surface area contributed by atoms with Gasteiger partial charge in [0.25, 0.3) is 0 Å². The summed E-state index contributed by atoms with van der Waals surface area (Å²) in [4.78, 5) is 5.93. The minimum atomic E-state index is -5.26. The van der Waals surface area contributed by atoms with Crippen LogP contribution in [0, 0.1) is 11.3 Å². The number of anilines is 1. The first-order valence-electron chi connectivity index (χ1n) is 3.17. The van der Waals surface area contributed by atoms with Gasteiger partial charge in [0.1, 0.15) is 17.5 Å². The fraction of sp³-hybridized carbons (Fsp3) is 0. The molecule has 2 N–H and O–H groups in total. The molecule has 1 heterocycles. The fourth-order valence-electron chi connectivity index (χ4n) is 0.653. The first-order chi connectivity index (χ1) is 5.95. The molecule has 0 spiro atoms. The normalized spacial score (nSPS) is 10.9. The van der Waals surface area contributed by atoms with Crippen LogP contribution in [0.5, 0.6) is 0 Å². The zero-order valence-electron chi connectivity index (χ0n) is 6.21.